The average molecular weight is 303 g/mol. The second-order valence-electron chi connectivity index (χ2n) is 5.98. The van der Waals surface area contributed by atoms with Gasteiger partial charge < -0.3 is 15.2 Å². The number of allylic oxidation sites excluding steroid dienone is 2. The topological polar surface area (TPSA) is 58.6 Å². The van der Waals surface area contributed by atoms with Gasteiger partial charge in [0.1, 0.15) is 5.75 Å². The van der Waals surface area contributed by atoms with Gasteiger partial charge in [-0.3, -0.25) is 4.79 Å². The fraction of sp³-hybridized carbons (Fsp3) is 0.500. The van der Waals surface area contributed by atoms with Crippen molar-refractivity contribution in [1.82, 2.24) is 5.32 Å². The molecule has 4 heteroatoms. The third-order valence-corrected chi connectivity index (χ3v) is 3.72. The summed E-state index contributed by atoms with van der Waals surface area (Å²) < 4.78 is 5.62. The maximum Gasteiger partial charge on any atom is 0.223 e. The Hall–Kier alpha value is -1.81. The highest BCUT2D eigenvalue weighted by Crippen LogP contribution is 2.21. The van der Waals surface area contributed by atoms with Crippen molar-refractivity contribution >= 4 is 5.91 Å². The van der Waals surface area contributed by atoms with Gasteiger partial charge in [-0.15, -0.1) is 0 Å². The van der Waals surface area contributed by atoms with Gasteiger partial charge in [-0.05, 0) is 50.8 Å². The molecule has 0 unspecified atom stereocenters. The monoisotopic (exact) mass is 303 g/mol. The number of carbonyl (C=O) groups is 1. The molecule has 1 aromatic rings. The van der Waals surface area contributed by atoms with Crippen LogP contribution in [0.3, 0.4) is 0 Å². The zero-order valence-corrected chi connectivity index (χ0v) is 13.3. The summed E-state index contributed by atoms with van der Waals surface area (Å²) in [4.78, 5) is 12.1. The summed E-state index contributed by atoms with van der Waals surface area (Å²) in [6, 6.07) is 7.38. The summed E-state index contributed by atoms with van der Waals surface area (Å²) in [5.41, 5.74) is 0.752. The molecule has 1 aliphatic rings. The van der Waals surface area contributed by atoms with Crippen molar-refractivity contribution in [3.8, 4) is 5.75 Å². The van der Waals surface area contributed by atoms with Crippen molar-refractivity contribution in [1.29, 1.82) is 0 Å². The third-order valence-electron chi connectivity index (χ3n) is 3.72. The summed E-state index contributed by atoms with van der Waals surface area (Å²) in [5.74, 6) is 0.793. The molecule has 4 nitrogen and oxygen atoms in total. The van der Waals surface area contributed by atoms with E-state index in [0.717, 1.165) is 30.6 Å². The molecule has 0 bridgehead atoms. The first kappa shape index (κ1) is 16.6. The summed E-state index contributed by atoms with van der Waals surface area (Å²) in [6.45, 7) is 4.15. The van der Waals surface area contributed by atoms with E-state index in [-0.39, 0.29) is 24.5 Å². The normalized spacial score (nSPS) is 19.0. The van der Waals surface area contributed by atoms with Crippen LogP contribution in [0.5, 0.6) is 5.75 Å². The number of aliphatic hydroxyl groups is 1. The van der Waals surface area contributed by atoms with Crippen molar-refractivity contribution in [2.24, 2.45) is 5.92 Å². The van der Waals surface area contributed by atoms with Crippen LogP contribution in [-0.4, -0.2) is 23.7 Å². The first-order valence-electron chi connectivity index (χ1n) is 7.93. The predicted octanol–water partition coefficient (Wildman–Crippen LogP) is 2.98. The molecular formula is C18H25NO3. The maximum atomic E-state index is 12.1. The Labute approximate surface area is 132 Å². The van der Waals surface area contributed by atoms with Crippen molar-refractivity contribution in [2.75, 3.05) is 6.54 Å². The van der Waals surface area contributed by atoms with Gasteiger partial charge in [-0.1, -0.05) is 24.3 Å². The zero-order valence-electron chi connectivity index (χ0n) is 13.3. The fourth-order valence-corrected chi connectivity index (χ4v) is 2.56. The number of hydrogen-bond donors (Lipinski definition) is 2. The van der Waals surface area contributed by atoms with E-state index >= 15 is 0 Å². The molecule has 22 heavy (non-hydrogen) atoms. The number of hydrogen-bond acceptors (Lipinski definition) is 3. The van der Waals surface area contributed by atoms with Crippen LogP contribution in [0.4, 0.5) is 0 Å². The SMILES string of the molecule is CC(C)Oc1cccc([C@@H](O)CNC(=O)[C@H]2CC=CCC2)c1. The highest BCUT2D eigenvalue weighted by atomic mass is 16.5. The van der Waals surface area contributed by atoms with Crippen LogP contribution in [0.2, 0.25) is 0 Å². The van der Waals surface area contributed by atoms with Crippen LogP contribution in [0.15, 0.2) is 36.4 Å². The van der Waals surface area contributed by atoms with E-state index in [0.29, 0.717) is 0 Å². The minimum atomic E-state index is -0.723. The van der Waals surface area contributed by atoms with E-state index in [1.165, 1.54) is 0 Å². The van der Waals surface area contributed by atoms with Gasteiger partial charge in [0.25, 0.3) is 0 Å². The second-order valence-corrected chi connectivity index (χ2v) is 5.98. The molecular weight excluding hydrogens is 278 g/mol. The van der Waals surface area contributed by atoms with Crippen LogP contribution in [0.25, 0.3) is 0 Å². The number of carbonyl (C=O) groups excluding carboxylic acids is 1. The molecule has 1 aromatic carbocycles. The summed E-state index contributed by atoms with van der Waals surface area (Å²) in [7, 11) is 0. The zero-order chi connectivity index (χ0) is 15.9. The first-order valence-corrected chi connectivity index (χ1v) is 7.93. The molecule has 1 aliphatic carbocycles. The van der Waals surface area contributed by atoms with Gasteiger partial charge in [0.2, 0.25) is 5.91 Å². The highest BCUT2D eigenvalue weighted by molar-refractivity contribution is 5.79. The Bertz CT molecular complexity index is 525. The van der Waals surface area contributed by atoms with Gasteiger partial charge in [-0.25, -0.2) is 0 Å². The largest absolute Gasteiger partial charge is 0.491 e. The maximum absolute atomic E-state index is 12.1. The minimum Gasteiger partial charge on any atom is -0.491 e. The standard InChI is InChI=1S/C18H25NO3/c1-13(2)22-16-10-6-9-15(11-16)17(20)12-19-18(21)14-7-4-3-5-8-14/h3-4,6,9-11,13-14,17,20H,5,7-8,12H2,1-2H3,(H,19,21)/t14-,17-/m0/s1. The Kier molecular flexibility index (Phi) is 6.01. The molecule has 120 valence electrons. The minimum absolute atomic E-state index is 0.0259. The van der Waals surface area contributed by atoms with Gasteiger partial charge in [-0.2, -0.15) is 0 Å². The lowest BCUT2D eigenvalue weighted by molar-refractivity contribution is -0.125. The first-order chi connectivity index (χ1) is 10.6. The van der Waals surface area contributed by atoms with Gasteiger partial charge >= 0.3 is 0 Å². The van der Waals surface area contributed by atoms with E-state index in [9.17, 15) is 9.90 Å². The van der Waals surface area contributed by atoms with E-state index in [2.05, 4.69) is 17.5 Å². The summed E-state index contributed by atoms with van der Waals surface area (Å²) in [5, 5.41) is 13.1. The lowest BCUT2D eigenvalue weighted by atomic mass is 9.93. The van der Waals surface area contributed by atoms with Gasteiger partial charge in [0, 0.05) is 12.5 Å². The predicted molar refractivity (Wildman–Crippen MR) is 86.7 cm³/mol. The number of amides is 1. The molecule has 0 saturated carbocycles. The molecule has 0 fully saturated rings. The molecule has 0 radical (unpaired) electrons. The van der Waals surface area contributed by atoms with E-state index in [1.807, 2.05) is 38.1 Å². The molecule has 0 saturated heterocycles. The van der Waals surface area contributed by atoms with E-state index in [4.69, 9.17) is 4.74 Å². The van der Waals surface area contributed by atoms with Gasteiger partial charge in [0.15, 0.2) is 0 Å². The number of aliphatic hydroxyl groups excluding tert-OH is 1. The van der Waals surface area contributed by atoms with Crippen molar-refractivity contribution in [3.63, 3.8) is 0 Å². The second kappa shape index (κ2) is 7.99. The fourth-order valence-electron chi connectivity index (χ4n) is 2.56. The molecule has 0 spiro atoms. The summed E-state index contributed by atoms with van der Waals surface area (Å²) >= 11 is 0. The quantitative estimate of drug-likeness (QED) is 0.794. The van der Waals surface area contributed by atoms with Crippen LogP contribution >= 0.6 is 0 Å². The van der Waals surface area contributed by atoms with Gasteiger partial charge in [0.05, 0.1) is 12.2 Å². The average Bonchev–Trinajstić information content (AvgIpc) is 2.52. The third kappa shape index (κ3) is 4.88. The molecule has 1 amide bonds. The molecule has 2 N–H and O–H groups in total. The van der Waals surface area contributed by atoms with Crippen molar-refractivity contribution in [3.05, 3.63) is 42.0 Å². The molecule has 2 atom stereocenters. The Morgan fingerprint density at radius 3 is 2.91 bits per heavy atom. The number of ether oxygens (including phenoxy) is 1. The van der Waals surface area contributed by atoms with E-state index < -0.39 is 6.10 Å². The number of rotatable bonds is 6. The number of nitrogens with one attached hydrogen (secondary N) is 1. The smallest absolute Gasteiger partial charge is 0.223 e. The number of benzene rings is 1. The lowest BCUT2D eigenvalue weighted by Crippen LogP contribution is -2.34. The van der Waals surface area contributed by atoms with Crippen LogP contribution in [0.1, 0.15) is 44.8 Å². The van der Waals surface area contributed by atoms with Crippen molar-refractivity contribution in [2.45, 2.75) is 45.3 Å². The van der Waals surface area contributed by atoms with Crippen LogP contribution < -0.4 is 10.1 Å². The summed E-state index contributed by atoms with van der Waals surface area (Å²) in [6.07, 6.45) is 6.16. The highest BCUT2D eigenvalue weighted by Gasteiger charge is 2.19. The lowest BCUT2D eigenvalue weighted by Gasteiger charge is -2.19. The Morgan fingerprint density at radius 2 is 2.23 bits per heavy atom. The van der Waals surface area contributed by atoms with E-state index in [1.54, 1.807) is 0 Å². The molecule has 0 aliphatic heterocycles. The van der Waals surface area contributed by atoms with Crippen molar-refractivity contribution < 1.29 is 14.6 Å². The van der Waals surface area contributed by atoms with Crippen LogP contribution in [-0.2, 0) is 4.79 Å². The molecule has 0 heterocycles. The Balaban J connectivity index is 1.87. The van der Waals surface area contributed by atoms with Crippen LogP contribution in [0, 0.1) is 5.92 Å². The molecule has 0 aromatic heterocycles. The Morgan fingerprint density at radius 1 is 1.41 bits per heavy atom. The molecule has 2 rings (SSSR count).